The molecule has 4 aromatic rings. The minimum absolute atomic E-state index is 0.00729. The van der Waals surface area contributed by atoms with Gasteiger partial charge in [0.05, 0.1) is 12.3 Å². The summed E-state index contributed by atoms with van der Waals surface area (Å²) >= 11 is 1.54. The van der Waals surface area contributed by atoms with Gasteiger partial charge in [0.1, 0.15) is 6.04 Å². The van der Waals surface area contributed by atoms with E-state index in [1.165, 1.54) is 32.8 Å². The molecule has 0 radical (unpaired) electrons. The van der Waals surface area contributed by atoms with Gasteiger partial charge in [-0.25, -0.2) is 9.78 Å². The van der Waals surface area contributed by atoms with Gasteiger partial charge in [-0.2, -0.15) is 0 Å². The number of nitrogens with one attached hydrogen (secondary N) is 2. The summed E-state index contributed by atoms with van der Waals surface area (Å²) in [6.45, 7) is 9.76. The van der Waals surface area contributed by atoms with E-state index in [4.69, 9.17) is 14.5 Å². The summed E-state index contributed by atoms with van der Waals surface area (Å²) in [7, 11) is 5.10. The lowest BCUT2D eigenvalue weighted by molar-refractivity contribution is -0.137. The number of anilines is 3. The van der Waals surface area contributed by atoms with E-state index in [9.17, 15) is 14.4 Å². The molecule has 1 atom stereocenters. The normalized spacial score (nSPS) is 13.2. The highest BCUT2D eigenvalue weighted by Crippen LogP contribution is 2.35. The zero-order valence-electron chi connectivity index (χ0n) is 30.0. The summed E-state index contributed by atoms with van der Waals surface area (Å²) in [5, 5.41) is 6.68. The van der Waals surface area contributed by atoms with Crippen molar-refractivity contribution >= 4 is 40.5 Å². The van der Waals surface area contributed by atoms with Crippen LogP contribution in [0.15, 0.2) is 59.5 Å². The quantitative estimate of drug-likeness (QED) is 0.154. The molecule has 0 bridgehead atoms. The number of amides is 2. The number of nitrogens with zero attached hydrogens (tertiary/aromatic N) is 4. The van der Waals surface area contributed by atoms with Crippen LogP contribution in [0.5, 0.6) is 5.06 Å². The Bertz CT molecular complexity index is 1840. The number of methoxy groups -OCH3 is 1. The number of rotatable bonds is 13. The standard InChI is InChI=1S/C38H48N6O5S/c1-8-44(24(2)3)34(36(45)42(5)20-21-48-7)26-16-18-28(19-17-26)39-35-37(46)43(6)23-31(40-35)29-13-11-14-30(25(29)4)41-38(47)49-33-22-27-12-9-10-15-32(27)50-33/h11,13-14,16-19,22-24,34H,8-10,12,15,20-21H2,1-7H3,(H,39,40)(H,41,47). The molecule has 0 saturated heterocycles. The van der Waals surface area contributed by atoms with Crippen LogP contribution < -0.4 is 20.9 Å². The number of hydrogen-bond donors (Lipinski definition) is 2. The van der Waals surface area contributed by atoms with Crippen molar-refractivity contribution in [3.63, 3.8) is 0 Å². The third-order valence-corrected chi connectivity index (χ3v) is 10.3. The maximum Gasteiger partial charge on any atom is 0.417 e. The Balaban J connectivity index is 1.35. The highest BCUT2D eigenvalue weighted by Gasteiger charge is 2.31. The summed E-state index contributed by atoms with van der Waals surface area (Å²) in [6.07, 6.45) is 5.52. The number of hydrogen-bond acceptors (Lipinski definition) is 9. The summed E-state index contributed by atoms with van der Waals surface area (Å²) < 4.78 is 12.3. The minimum Gasteiger partial charge on any atom is -0.399 e. The molecular weight excluding hydrogens is 653 g/mol. The second-order valence-electron chi connectivity index (χ2n) is 12.9. The number of aryl methyl sites for hydroxylation is 3. The summed E-state index contributed by atoms with van der Waals surface area (Å²) in [5.74, 6) is 0.146. The second kappa shape index (κ2) is 16.5. The van der Waals surface area contributed by atoms with Crippen LogP contribution in [-0.2, 0) is 29.4 Å². The zero-order valence-corrected chi connectivity index (χ0v) is 30.9. The third kappa shape index (κ3) is 8.43. The van der Waals surface area contributed by atoms with Crippen molar-refractivity contribution in [3.05, 3.63) is 86.6 Å². The first kappa shape index (κ1) is 36.8. The van der Waals surface area contributed by atoms with Crippen LogP contribution in [0.1, 0.15) is 61.2 Å². The SMILES string of the molecule is CCN(C(C)C)C(C(=O)N(C)CCOC)c1ccc(Nc2nc(-c3cccc(NC(=O)Oc4cc5c(s4)CCCC5)c3C)cn(C)c2=O)cc1. The number of ether oxygens (including phenoxy) is 2. The molecule has 0 saturated carbocycles. The van der Waals surface area contributed by atoms with E-state index in [-0.39, 0.29) is 23.3 Å². The van der Waals surface area contributed by atoms with Gasteiger partial charge in [0, 0.05) is 61.8 Å². The Hall–Kier alpha value is -4.52. The van der Waals surface area contributed by atoms with Crippen molar-refractivity contribution in [2.45, 2.75) is 65.5 Å². The maximum absolute atomic E-state index is 13.6. The molecule has 0 fully saturated rings. The van der Waals surface area contributed by atoms with E-state index in [0.29, 0.717) is 41.8 Å². The average molecular weight is 701 g/mol. The van der Waals surface area contributed by atoms with E-state index in [2.05, 4.69) is 36.3 Å². The molecule has 2 aromatic heterocycles. The molecule has 266 valence electrons. The van der Waals surface area contributed by atoms with Crippen LogP contribution in [0.25, 0.3) is 11.3 Å². The molecule has 2 aromatic carbocycles. The van der Waals surface area contributed by atoms with Crippen molar-refractivity contribution in [2.24, 2.45) is 7.05 Å². The smallest absolute Gasteiger partial charge is 0.399 e. The Labute approximate surface area is 298 Å². The van der Waals surface area contributed by atoms with Crippen LogP contribution in [0.3, 0.4) is 0 Å². The summed E-state index contributed by atoms with van der Waals surface area (Å²) in [6, 6.07) is 14.8. The molecule has 1 aliphatic carbocycles. The first-order valence-corrected chi connectivity index (χ1v) is 18.0. The van der Waals surface area contributed by atoms with Crippen molar-refractivity contribution in [1.29, 1.82) is 0 Å². The average Bonchev–Trinajstić information content (AvgIpc) is 3.51. The molecule has 50 heavy (non-hydrogen) atoms. The van der Waals surface area contributed by atoms with Crippen LogP contribution in [0, 0.1) is 6.92 Å². The Morgan fingerprint density at radius 2 is 1.84 bits per heavy atom. The molecule has 1 unspecified atom stereocenters. The van der Waals surface area contributed by atoms with Crippen LogP contribution in [0.4, 0.5) is 22.0 Å². The first-order chi connectivity index (χ1) is 24.0. The molecule has 2 heterocycles. The van der Waals surface area contributed by atoms with Crippen LogP contribution in [0.2, 0.25) is 0 Å². The maximum atomic E-state index is 13.6. The van der Waals surface area contributed by atoms with E-state index in [0.717, 1.165) is 36.0 Å². The molecule has 2 amide bonds. The van der Waals surface area contributed by atoms with Gasteiger partial charge in [0.25, 0.3) is 5.56 Å². The predicted molar refractivity (Wildman–Crippen MR) is 200 cm³/mol. The van der Waals surface area contributed by atoms with Crippen LogP contribution >= 0.6 is 11.3 Å². The van der Waals surface area contributed by atoms with Gasteiger partial charge in [0.2, 0.25) is 5.91 Å². The van der Waals surface area contributed by atoms with E-state index < -0.39 is 12.1 Å². The summed E-state index contributed by atoms with van der Waals surface area (Å²) in [4.78, 5) is 49.6. The van der Waals surface area contributed by atoms with Gasteiger partial charge in [-0.3, -0.25) is 19.8 Å². The lowest BCUT2D eigenvalue weighted by atomic mass is 10.00. The molecular formula is C38H48N6O5S. The molecule has 0 aliphatic heterocycles. The van der Waals surface area contributed by atoms with Gasteiger partial charge < -0.3 is 24.3 Å². The lowest BCUT2D eigenvalue weighted by Crippen LogP contribution is -2.45. The van der Waals surface area contributed by atoms with E-state index >= 15 is 0 Å². The predicted octanol–water partition coefficient (Wildman–Crippen LogP) is 6.93. The minimum atomic E-state index is -0.552. The number of carbonyl (C=O) groups excluding carboxylic acids is 2. The molecule has 0 spiro atoms. The Morgan fingerprint density at radius 3 is 2.52 bits per heavy atom. The number of benzene rings is 2. The van der Waals surface area contributed by atoms with E-state index in [1.807, 2.05) is 55.5 Å². The fourth-order valence-corrected chi connectivity index (χ4v) is 7.46. The topological polar surface area (TPSA) is 118 Å². The number of likely N-dealkylation sites (N-methyl/N-ethyl adjacent to an activating group) is 2. The number of thiophene rings is 1. The molecule has 1 aliphatic rings. The Morgan fingerprint density at radius 1 is 1.10 bits per heavy atom. The van der Waals surface area contributed by atoms with Gasteiger partial charge in [0.15, 0.2) is 10.9 Å². The Kier molecular flexibility index (Phi) is 12.1. The molecule has 11 nitrogen and oxygen atoms in total. The fraction of sp³-hybridized carbons (Fsp3) is 0.421. The lowest BCUT2D eigenvalue weighted by Gasteiger charge is -2.35. The molecule has 2 N–H and O–H groups in total. The van der Waals surface area contributed by atoms with Crippen molar-refractivity contribution in [2.75, 3.05) is 44.5 Å². The van der Waals surface area contributed by atoms with Gasteiger partial charge in [-0.05, 0) is 94.0 Å². The number of fused-ring (bicyclic) bond motifs is 1. The third-order valence-electron chi connectivity index (χ3n) is 9.18. The van der Waals surface area contributed by atoms with Gasteiger partial charge in [-0.15, -0.1) is 11.3 Å². The van der Waals surface area contributed by atoms with Gasteiger partial charge >= 0.3 is 6.09 Å². The van der Waals surface area contributed by atoms with Crippen molar-refractivity contribution < 1.29 is 19.1 Å². The number of aromatic nitrogens is 2. The summed E-state index contributed by atoms with van der Waals surface area (Å²) in [5.41, 5.74) is 5.19. The highest BCUT2D eigenvalue weighted by molar-refractivity contribution is 7.14. The van der Waals surface area contributed by atoms with E-state index in [1.54, 1.807) is 32.3 Å². The van der Waals surface area contributed by atoms with Crippen molar-refractivity contribution in [3.8, 4) is 16.3 Å². The molecule has 5 rings (SSSR count). The largest absolute Gasteiger partial charge is 0.417 e. The fourth-order valence-electron chi connectivity index (χ4n) is 6.36. The highest BCUT2D eigenvalue weighted by atomic mass is 32.1. The number of carbonyl (C=O) groups is 2. The first-order valence-electron chi connectivity index (χ1n) is 17.1. The monoisotopic (exact) mass is 700 g/mol. The molecule has 12 heteroatoms. The zero-order chi connectivity index (χ0) is 35.9. The van der Waals surface area contributed by atoms with Crippen LogP contribution in [-0.4, -0.2) is 71.2 Å². The van der Waals surface area contributed by atoms with Gasteiger partial charge in [-0.1, -0.05) is 31.2 Å². The second-order valence-corrected chi connectivity index (χ2v) is 14.0. The van der Waals surface area contributed by atoms with Crippen molar-refractivity contribution in [1.82, 2.24) is 19.4 Å².